The van der Waals surface area contributed by atoms with Crippen molar-refractivity contribution in [3.63, 3.8) is 0 Å². The molecule has 2 bridgehead atoms. The van der Waals surface area contributed by atoms with Gasteiger partial charge in [-0.2, -0.15) is 0 Å². The highest BCUT2D eigenvalue weighted by atomic mass is 16.6. The zero-order chi connectivity index (χ0) is 19.1. The SMILES string of the molecule is CC1(C)[C@@H]2CC[C@]1(C)[C@@](C#Cc1ccccc1)(OC(=O)c1ccccc1)C2. The van der Waals surface area contributed by atoms with E-state index in [-0.39, 0.29) is 16.8 Å². The van der Waals surface area contributed by atoms with Gasteiger partial charge in [0.2, 0.25) is 0 Å². The second-order valence-electron chi connectivity index (χ2n) is 8.69. The highest BCUT2D eigenvalue weighted by Crippen LogP contribution is 2.70. The topological polar surface area (TPSA) is 26.3 Å². The van der Waals surface area contributed by atoms with Crippen LogP contribution in [0.25, 0.3) is 0 Å². The average molecular weight is 358 g/mol. The van der Waals surface area contributed by atoms with Gasteiger partial charge < -0.3 is 4.74 Å². The molecule has 27 heavy (non-hydrogen) atoms. The van der Waals surface area contributed by atoms with Gasteiger partial charge in [0.05, 0.1) is 5.56 Å². The lowest BCUT2D eigenvalue weighted by Crippen LogP contribution is -2.49. The van der Waals surface area contributed by atoms with E-state index in [0.717, 1.165) is 18.4 Å². The summed E-state index contributed by atoms with van der Waals surface area (Å²) >= 11 is 0. The number of rotatable bonds is 2. The van der Waals surface area contributed by atoms with E-state index in [2.05, 4.69) is 32.6 Å². The Kier molecular flexibility index (Phi) is 4.15. The van der Waals surface area contributed by atoms with Crippen LogP contribution in [0.15, 0.2) is 60.7 Å². The summed E-state index contributed by atoms with van der Waals surface area (Å²) in [6.45, 7) is 6.89. The molecule has 0 saturated heterocycles. The first-order chi connectivity index (χ1) is 12.9. The molecule has 2 fully saturated rings. The van der Waals surface area contributed by atoms with Crippen LogP contribution in [0.5, 0.6) is 0 Å². The molecule has 0 radical (unpaired) electrons. The van der Waals surface area contributed by atoms with Crippen molar-refractivity contribution in [3.8, 4) is 11.8 Å². The van der Waals surface area contributed by atoms with Crippen molar-refractivity contribution in [2.24, 2.45) is 16.7 Å². The van der Waals surface area contributed by atoms with E-state index in [4.69, 9.17) is 4.74 Å². The quantitative estimate of drug-likeness (QED) is 0.525. The maximum Gasteiger partial charge on any atom is 0.339 e. The lowest BCUT2D eigenvalue weighted by molar-refractivity contribution is -0.0657. The van der Waals surface area contributed by atoms with Gasteiger partial charge in [-0.05, 0) is 54.4 Å². The molecule has 2 aromatic carbocycles. The second-order valence-corrected chi connectivity index (χ2v) is 8.69. The summed E-state index contributed by atoms with van der Waals surface area (Å²) in [5.74, 6) is 7.00. The molecule has 138 valence electrons. The summed E-state index contributed by atoms with van der Waals surface area (Å²) in [4.78, 5) is 13.0. The van der Waals surface area contributed by atoms with Gasteiger partial charge in [-0.25, -0.2) is 4.79 Å². The molecular weight excluding hydrogens is 332 g/mol. The Bertz CT molecular complexity index is 904. The summed E-state index contributed by atoms with van der Waals surface area (Å²) < 4.78 is 6.27. The van der Waals surface area contributed by atoms with Gasteiger partial charge in [-0.3, -0.25) is 0 Å². The van der Waals surface area contributed by atoms with Crippen molar-refractivity contribution in [1.29, 1.82) is 0 Å². The van der Waals surface area contributed by atoms with Gasteiger partial charge in [0.25, 0.3) is 0 Å². The fourth-order valence-electron chi connectivity index (χ4n) is 5.10. The summed E-state index contributed by atoms with van der Waals surface area (Å²) in [6.07, 6.45) is 3.03. The van der Waals surface area contributed by atoms with Crippen molar-refractivity contribution in [3.05, 3.63) is 71.8 Å². The summed E-state index contributed by atoms with van der Waals surface area (Å²) in [7, 11) is 0. The van der Waals surface area contributed by atoms with E-state index in [9.17, 15) is 4.79 Å². The maximum absolute atomic E-state index is 13.0. The largest absolute Gasteiger partial charge is 0.442 e. The summed E-state index contributed by atoms with van der Waals surface area (Å²) in [6, 6.07) is 19.2. The lowest BCUT2D eigenvalue weighted by Gasteiger charge is -2.44. The monoisotopic (exact) mass is 358 g/mol. The Hall–Kier alpha value is -2.53. The maximum atomic E-state index is 13.0. The third-order valence-electron chi connectivity index (χ3n) is 7.32. The highest BCUT2D eigenvalue weighted by molar-refractivity contribution is 5.90. The predicted octanol–water partition coefficient (Wildman–Crippen LogP) is 5.48. The Balaban J connectivity index is 1.76. The summed E-state index contributed by atoms with van der Waals surface area (Å²) in [5.41, 5.74) is 0.730. The number of carbonyl (C=O) groups excluding carboxylic acids is 1. The van der Waals surface area contributed by atoms with Crippen molar-refractivity contribution < 1.29 is 9.53 Å². The number of esters is 1. The van der Waals surface area contributed by atoms with Crippen LogP contribution in [0, 0.1) is 28.6 Å². The van der Waals surface area contributed by atoms with Crippen LogP contribution in [-0.4, -0.2) is 11.6 Å². The molecule has 4 rings (SSSR count). The first-order valence-electron chi connectivity index (χ1n) is 9.75. The van der Waals surface area contributed by atoms with Crippen LogP contribution in [-0.2, 0) is 4.74 Å². The van der Waals surface area contributed by atoms with Crippen molar-refractivity contribution in [2.45, 2.75) is 45.6 Å². The minimum atomic E-state index is -0.748. The molecule has 2 heteroatoms. The first-order valence-corrected chi connectivity index (χ1v) is 9.75. The standard InChI is InChI=1S/C25H26O2/c1-23(2)21-15-16-24(23,3)25(18-21,17-14-19-10-6-4-7-11-19)27-22(26)20-12-8-5-9-13-20/h4-13,21H,15-16,18H2,1-3H3/t21-,24+,25+/m1/s1. The molecule has 0 aliphatic heterocycles. The molecular formula is C25H26O2. The number of fused-ring (bicyclic) bond motifs is 2. The molecule has 0 spiro atoms. The van der Waals surface area contributed by atoms with Crippen LogP contribution >= 0.6 is 0 Å². The molecule has 2 saturated carbocycles. The van der Waals surface area contributed by atoms with E-state index in [1.165, 1.54) is 6.42 Å². The van der Waals surface area contributed by atoms with E-state index < -0.39 is 5.60 Å². The minimum Gasteiger partial charge on any atom is -0.442 e. The molecule has 2 nitrogen and oxygen atoms in total. The van der Waals surface area contributed by atoms with Crippen molar-refractivity contribution in [1.82, 2.24) is 0 Å². The number of benzene rings is 2. The van der Waals surface area contributed by atoms with Gasteiger partial charge in [-0.15, -0.1) is 0 Å². The zero-order valence-electron chi connectivity index (χ0n) is 16.3. The van der Waals surface area contributed by atoms with Crippen molar-refractivity contribution >= 4 is 5.97 Å². The molecule has 0 unspecified atom stereocenters. The smallest absolute Gasteiger partial charge is 0.339 e. The number of hydrogen-bond donors (Lipinski definition) is 0. The van der Waals surface area contributed by atoms with Gasteiger partial charge in [-0.1, -0.05) is 63.1 Å². The Morgan fingerprint density at radius 1 is 1.00 bits per heavy atom. The Labute approximate surface area is 161 Å². The zero-order valence-corrected chi connectivity index (χ0v) is 16.3. The number of ether oxygens (including phenoxy) is 1. The molecule has 2 aliphatic carbocycles. The molecule has 0 heterocycles. The summed E-state index contributed by atoms with van der Waals surface area (Å²) in [5, 5.41) is 0. The Morgan fingerprint density at radius 2 is 1.63 bits per heavy atom. The van der Waals surface area contributed by atoms with Crippen LogP contribution in [0.4, 0.5) is 0 Å². The average Bonchev–Trinajstić information content (AvgIpc) is 3.00. The number of hydrogen-bond acceptors (Lipinski definition) is 2. The third-order valence-corrected chi connectivity index (χ3v) is 7.32. The van der Waals surface area contributed by atoms with Gasteiger partial charge in [0, 0.05) is 17.4 Å². The van der Waals surface area contributed by atoms with E-state index in [1.807, 2.05) is 48.5 Å². The van der Waals surface area contributed by atoms with Crippen LogP contribution in [0.1, 0.15) is 56.0 Å². The molecule has 2 aliphatic rings. The number of carbonyl (C=O) groups is 1. The van der Waals surface area contributed by atoms with E-state index in [1.54, 1.807) is 12.1 Å². The molecule has 2 aromatic rings. The predicted molar refractivity (Wildman–Crippen MR) is 107 cm³/mol. The van der Waals surface area contributed by atoms with E-state index in [0.29, 0.717) is 11.5 Å². The van der Waals surface area contributed by atoms with Gasteiger partial charge in [0.15, 0.2) is 5.60 Å². The van der Waals surface area contributed by atoms with Gasteiger partial charge >= 0.3 is 5.97 Å². The van der Waals surface area contributed by atoms with Gasteiger partial charge in [0.1, 0.15) is 0 Å². The second kappa shape index (κ2) is 6.27. The molecule has 0 aromatic heterocycles. The Morgan fingerprint density at radius 3 is 2.19 bits per heavy atom. The van der Waals surface area contributed by atoms with E-state index >= 15 is 0 Å². The minimum absolute atomic E-state index is 0.0926. The third kappa shape index (κ3) is 2.69. The molecule has 0 N–H and O–H groups in total. The molecule has 0 amide bonds. The first kappa shape index (κ1) is 17.9. The van der Waals surface area contributed by atoms with Crippen LogP contribution in [0.3, 0.4) is 0 Å². The fourth-order valence-corrected chi connectivity index (χ4v) is 5.10. The van der Waals surface area contributed by atoms with Crippen LogP contribution < -0.4 is 0 Å². The fraction of sp³-hybridized carbons (Fsp3) is 0.400. The van der Waals surface area contributed by atoms with Crippen LogP contribution in [0.2, 0.25) is 0 Å². The molecule has 3 atom stereocenters. The lowest BCUT2D eigenvalue weighted by atomic mass is 9.64. The highest BCUT2D eigenvalue weighted by Gasteiger charge is 2.70. The normalized spacial score (nSPS) is 30.4. The van der Waals surface area contributed by atoms with Crippen molar-refractivity contribution in [2.75, 3.05) is 0 Å².